The lowest BCUT2D eigenvalue weighted by Crippen LogP contribution is -2.14. The van der Waals surface area contributed by atoms with Crippen molar-refractivity contribution in [3.8, 4) is 0 Å². The lowest BCUT2D eigenvalue weighted by Gasteiger charge is -2.00. The second-order valence-electron chi connectivity index (χ2n) is 1.06. The summed E-state index contributed by atoms with van der Waals surface area (Å²) in [5.41, 5.74) is 0. The molecule has 0 aromatic rings. The van der Waals surface area contributed by atoms with Crippen LogP contribution >= 0.6 is 11.8 Å². The van der Waals surface area contributed by atoms with Crippen LogP contribution in [0.4, 0.5) is 0 Å². The number of hydrogen-bond acceptors (Lipinski definition) is 2. The third-order valence-corrected chi connectivity index (χ3v) is 1.28. The summed E-state index contributed by atoms with van der Waals surface area (Å²) in [4.78, 5) is 0. The van der Waals surface area contributed by atoms with Crippen molar-refractivity contribution in [2.24, 2.45) is 0 Å². The van der Waals surface area contributed by atoms with Crippen LogP contribution in [0.2, 0.25) is 0 Å². The summed E-state index contributed by atoms with van der Waals surface area (Å²) in [6, 6.07) is 0. The van der Waals surface area contributed by atoms with Crippen LogP contribution in [0.1, 0.15) is 0 Å². The Hall–Kier alpha value is 0.0500. The summed E-state index contributed by atoms with van der Waals surface area (Å²) in [5, 5.41) is 5.10. The van der Waals surface area contributed by atoms with Gasteiger partial charge in [-0.15, -0.1) is 11.8 Å². The van der Waals surface area contributed by atoms with Gasteiger partial charge in [0.05, 0.1) is 0 Å². The summed E-state index contributed by atoms with van der Waals surface area (Å²) in [5.74, 6) is 1.05. The minimum absolute atomic E-state index is 0.924. The lowest BCUT2D eigenvalue weighted by atomic mass is 10.6. The van der Waals surface area contributed by atoms with Gasteiger partial charge in [0.25, 0.3) is 0 Å². The summed E-state index contributed by atoms with van der Waals surface area (Å²) in [7, 11) is 0. The molecule has 0 atom stereocenters. The molecule has 0 aromatic carbocycles. The highest BCUT2D eigenvalue weighted by Gasteiger charge is 1.85. The van der Waals surface area contributed by atoms with Gasteiger partial charge in [0.1, 0.15) is 0 Å². The van der Waals surface area contributed by atoms with E-state index >= 15 is 0 Å². The molecule has 6 heavy (non-hydrogen) atoms. The van der Waals surface area contributed by atoms with Crippen molar-refractivity contribution in [1.29, 1.82) is 0 Å². The first-order valence-corrected chi connectivity index (χ1v) is 2.92. The average molecular weight is 100 g/mol. The molecule has 1 radical (unpaired) electrons. The van der Waals surface area contributed by atoms with E-state index in [0.29, 0.717) is 0 Å². The van der Waals surface area contributed by atoms with E-state index in [0.717, 1.165) is 12.4 Å². The molecule has 0 spiro atoms. The van der Waals surface area contributed by atoms with Crippen LogP contribution in [0, 0.1) is 6.08 Å². The number of nitrogens with one attached hydrogen (secondary N) is 1. The largest absolute Gasteiger partial charge is 0.303 e. The molecule has 0 amide bonds. The van der Waals surface area contributed by atoms with Crippen molar-refractivity contribution in [1.82, 2.24) is 5.32 Å². The smallest absolute Gasteiger partial charge is 0.0462 e. The van der Waals surface area contributed by atoms with Gasteiger partial charge in [-0.05, 0) is 11.5 Å². The highest BCUT2D eigenvalue weighted by molar-refractivity contribution is 8.02. The van der Waals surface area contributed by atoms with E-state index in [-0.39, 0.29) is 0 Å². The van der Waals surface area contributed by atoms with Crippen LogP contribution in [0.3, 0.4) is 0 Å². The van der Waals surface area contributed by atoms with E-state index in [4.69, 9.17) is 0 Å². The van der Waals surface area contributed by atoms with E-state index < -0.39 is 0 Å². The van der Waals surface area contributed by atoms with E-state index in [1.54, 1.807) is 11.8 Å². The standard InChI is InChI=1S/C4H6NS/c1-2-5-4-6-3-1/h3,5H,2,4H2. The SMILES string of the molecule is [C]1=CSCNC1. The van der Waals surface area contributed by atoms with Crippen LogP contribution < -0.4 is 5.32 Å². The molecular weight excluding hydrogens is 94.1 g/mol. The fourth-order valence-electron chi connectivity index (χ4n) is 0.324. The van der Waals surface area contributed by atoms with Crippen molar-refractivity contribution < 1.29 is 0 Å². The summed E-state index contributed by atoms with van der Waals surface area (Å²) >= 11 is 1.75. The molecule has 1 aliphatic rings. The van der Waals surface area contributed by atoms with Gasteiger partial charge in [-0.3, -0.25) is 0 Å². The maximum Gasteiger partial charge on any atom is 0.0462 e. The molecule has 33 valence electrons. The molecule has 0 fully saturated rings. The predicted octanol–water partition coefficient (Wildman–Crippen LogP) is 0.597. The van der Waals surface area contributed by atoms with Gasteiger partial charge in [-0.2, -0.15) is 0 Å². The van der Waals surface area contributed by atoms with Crippen molar-refractivity contribution in [2.45, 2.75) is 0 Å². The van der Waals surface area contributed by atoms with Crippen LogP contribution in [0.5, 0.6) is 0 Å². The Bertz CT molecular complexity index is 52.6. The molecule has 1 aliphatic heterocycles. The molecule has 1 nitrogen and oxygen atoms in total. The Morgan fingerprint density at radius 2 is 2.83 bits per heavy atom. The first-order chi connectivity index (χ1) is 3.00. The molecule has 0 saturated carbocycles. The summed E-state index contributed by atoms with van der Waals surface area (Å²) < 4.78 is 0. The first-order valence-electron chi connectivity index (χ1n) is 1.87. The van der Waals surface area contributed by atoms with Crippen molar-refractivity contribution in [3.63, 3.8) is 0 Å². The maximum atomic E-state index is 3.11. The molecule has 1 heterocycles. The van der Waals surface area contributed by atoms with Gasteiger partial charge in [-0.1, -0.05) is 0 Å². The topological polar surface area (TPSA) is 12.0 Å². The highest BCUT2D eigenvalue weighted by Crippen LogP contribution is 2.00. The van der Waals surface area contributed by atoms with Gasteiger partial charge in [-0.25, -0.2) is 0 Å². The highest BCUT2D eigenvalue weighted by atomic mass is 32.2. The van der Waals surface area contributed by atoms with Crippen LogP contribution in [0.15, 0.2) is 5.41 Å². The van der Waals surface area contributed by atoms with Gasteiger partial charge < -0.3 is 5.32 Å². The third-order valence-electron chi connectivity index (χ3n) is 0.579. The van der Waals surface area contributed by atoms with Crippen LogP contribution in [-0.2, 0) is 0 Å². The van der Waals surface area contributed by atoms with Crippen LogP contribution in [-0.4, -0.2) is 12.4 Å². The zero-order valence-electron chi connectivity index (χ0n) is 3.40. The van der Waals surface area contributed by atoms with Crippen molar-refractivity contribution >= 4 is 11.8 Å². The monoisotopic (exact) mass is 100 g/mol. The Morgan fingerprint density at radius 3 is 3.00 bits per heavy atom. The number of hydrogen-bond donors (Lipinski definition) is 1. The average Bonchev–Trinajstić information content (AvgIpc) is 1.72. The Labute approximate surface area is 41.8 Å². The van der Waals surface area contributed by atoms with Crippen LogP contribution in [0.25, 0.3) is 0 Å². The molecule has 0 aromatic heterocycles. The Balaban J connectivity index is 2.26. The fourth-order valence-corrected chi connectivity index (χ4v) is 0.829. The summed E-state index contributed by atoms with van der Waals surface area (Å²) in [6.07, 6.45) is 3.01. The molecular formula is C4H6NS. The molecule has 0 unspecified atom stereocenters. The van der Waals surface area contributed by atoms with Crippen molar-refractivity contribution in [2.75, 3.05) is 12.4 Å². The quantitative estimate of drug-likeness (QED) is 0.478. The second kappa shape index (κ2) is 2.26. The van der Waals surface area contributed by atoms with E-state index in [9.17, 15) is 0 Å². The normalized spacial score (nSPS) is 21.3. The summed E-state index contributed by atoms with van der Waals surface area (Å²) in [6.45, 7) is 0.924. The first kappa shape index (κ1) is 4.22. The maximum absolute atomic E-state index is 3.11. The zero-order valence-corrected chi connectivity index (χ0v) is 4.22. The second-order valence-corrected chi connectivity index (χ2v) is 1.92. The molecule has 0 aliphatic carbocycles. The van der Waals surface area contributed by atoms with Gasteiger partial charge >= 0.3 is 0 Å². The lowest BCUT2D eigenvalue weighted by molar-refractivity contribution is 0.873. The van der Waals surface area contributed by atoms with E-state index in [1.807, 2.05) is 5.41 Å². The fraction of sp³-hybridized carbons (Fsp3) is 0.500. The molecule has 1 rings (SSSR count). The van der Waals surface area contributed by atoms with Gasteiger partial charge in [0, 0.05) is 12.4 Å². The minimum Gasteiger partial charge on any atom is -0.303 e. The number of rotatable bonds is 0. The Morgan fingerprint density at radius 1 is 1.83 bits per heavy atom. The molecule has 2 heteroatoms. The molecule has 1 N–H and O–H groups in total. The predicted molar refractivity (Wildman–Crippen MR) is 28.3 cm³/mol. The third kappa shape index (κ3) is 1.03. The van der Waals surface area contributed by atoms with Gasteiger partial charge in [0.2, 0.25) is 0 Å². The van der Waals surface area contributed by atoms with Crippen molar-refractivity contribution in [3.05, 3.63) is 11.5 Å². The molecule has 0 bridgehead atoms. The van der Waals surface area contributed by atoms with E-state index in [2.05, 4.69) is 11.4 Å². The molecule has 0 saturated heterocycles. The zero-order chi connectivity index (χ0) is 4.24. The Kier molecular flexibility index (Phi) is 1.59. The van der Waals surface area contributed by atoms with E-state index in [1.165, 1.54) is 0 Å². The van der Waals surface area contributed by atoms with Gasteiger partial charge in [0.15, 0.2) is 0 Å². The number of thioether (sulfide) groups is 1. The minimum atomic E-state index is 0.924.